The second-order valence-electron chi connectivity index (χ2n) is 4.64. The molecule has 15 heavy (non-hydrogen) atoms. The number of nitrogens with two attached hydrogens (primary N) is 1. The van der Waals surface area contributed by atoms with E-state index in [1.54, 1.807) is 0 Å². The number of aliphatic hydroxyl groups is 1. The van der Waals surface area contributed by atoms with Crippen molar-refractivity contribution in [2.45, 2.75) is 56.8 Å². The number of nitrogens with one attached hydrogen (secondary N) is 1. The average molecular weight is 213 g/mol. The predicted molar refractivity (Wildman–Crippen MR) is 55.7 cm³/mol. The van der Waals surface area contributed by atoms with E-state index in [-0.39, 0.29) is 18.1 Å². The maximum Gasteiger partial charge on any atom is 0.250 e. The molecule has 2 saturated heterocycles. The molecule has 0 spiro atoms. The van der Waals surface area contributed by atoms with Crippen molar-refractivity contribution in [2.24, 2.45) is 5.84 Å². The molecule has 0 aromatic rings. The van der Waals surface area contributed by atoms with Gasteiger partial charge in [-0.15, -0.1) is 0 Å². The molecule has 1 amide bonds. The summed E-state index contributed by atoms with van der Waals surface area (Å²) in [5, 5.41) is 9.63. The molecule has 5 nitrogen and oxygen atoms in total. The standard InChI is InChI=1S/C10H19N3O2/c1-6(10(15)12-11)13-7-2-3-8(13)5-9(14)4-7/h6-9,14H,2-5,11H2,1H3,(H,12,15). The summed E-state index contributed by atoms with van der Waals surface area (Å²) in [6.07, 6.45) is 3.57. The van der Waals surface area contributed by atoms with Crippen molar-refractivity contribution >= 4 is 5.91 Å². The van der Waals surface area contributed by atoms with Crippen molar-refractivity contribution in [3.8, 4) is 0 Å². The van der Waals surface area contributed by atoms with E-state index in [1.807, 2.05) is 6.92 Å². The Morgan fingerprint density at radius 3 is 2.47 bits per heavy atom. The Morgan fingerprint density at radius 2 is 2.00 bits per heavy atom. The highest BCUT2D eigenvalue weighted by Crippen LogP contribution is 2.37. The molecule has 3 atom stereocenters. The Bertz CT molecular complexity index is 245. The van der Waals surface area contributed by atoms with Gasteiger partial charge in [0, 0.05) is 12.1 Å². The van der Waals surface area contributed by atoms with Gasteiger partial charge in [0.25, 0.3) is 5.91 Å². The highest BCUT2D eigenvalue weighted by atomic mass is 16.3. The van der Waals surface area contributed by atoms with Crippen LogP contribution in [-0.2, 0) is 4.79 Å². The minimum Gasteiger partial charge on any atom is -0.393 e. The van der Waals surface area contributed by atoms with Gasteiger partial charge in [-0.1, -0.05) is 0 Å². The van der Waals surface area contributed by atoms with Crippen molar-refractivity contribution in [1.29, 1.82) is 0 Å². The maximum atomic E-state index is 11.5. The van der Waals surface area contributed by atoms with Crippen LogP contribution in [0.2, 0.25) is 0 Å². The normalized spacial score (nSPS) is 37.7. The van der Waals surface area contributed by atoms with E-state index in [9.17, 15) is 9.90 Å². The van der Waals surface area contributed by atoms with Gasteiger partial charge in [-0.25, -0.2) is 5.84 Å². The van der Waals surface area contributed by atoms with E-state index in [4.69, 9.17) is 5.84 Å². The first kappa shape index (κ1) is 10.9. The Kier molecular flexibility index (Phi) is 2.95. The molecule has 4 N–H and O–H groups in total. The molecule has 2 rings (SSSR count). The van der Waals surface area contributed by atoms with Crippen LogP contribution in [0.1, 0.15) is 32.6 Å². The summed E-state index contributed by atoms with van der Waals surface area (Å²) in [5.74, 6) is 5.01. The van der Waals surface area contributed by atoms with Crippen LogP contribution >= 0.6 is 0 Å². The van der Waals surface area contributed by atoms with Gasteiger partial charge in [-0.3, -0.25) is 15.1 Å². The first-order chi connectivity index (χ1) is 7.13. The first-order valence-corrected chi connectivity index (χ1v) is 5.59. The molecule has 0 aliphatic carbocycles. The zero-order valence-electron chi connectivity index (χ0n) is 9.02. The number of nitrogens with zero attached hydrogens (tertiary/aromatic N) is 1. The Hall–Kier alpha value is -0.650. The Balaban J connectivity index is 2.07. The summed E-state index contributed by atoms with van der Waals surface area (Å²) in [6.45, 7) is 1.88. The number of piperidine rings is 1. The lowest BCUT2D eigenvalue weighted by molar-refractivity contribution is -0.128. The summed E-state index contributed by atoms with van der Waals surface area (Å²) < 4.78 is 0. The number of aliphatic hydroxyl groups excluding tert-OH is 1. The highest BCUT2D eigenvalue weighted by molar-refractivity contribution is 5.80. The van der Waals surface area contributed by atoms with E-state index in [2.05, 4.69) is 10.3 Å². The fourth-order valence-corrected chi connectivity index (χ4v) is 3.07. The minimum atomic E-state index is -0.188. The van der Waals surface area contributed by atoms with Crippen molar-refractivity contribution in [2.75, 3.05) is 0 Å². The molecule has 0 aromatic heterocycles. The average Bonchev–Trinajstić information content (AvgIpc) is 2.49. The van der Waals surface area contributed by atoms with Crippen LogP contribution in [0, 0.1) is 0 Å². The fraction of sp³-hybridized carbons (Fsp3) is 0.900. The number of hydrogen-bond acceptors (Lipinski definition) is 4. The number of rotatable bonds is 2. The molecule has 86 valence electrons. The largest absolute Gasteiger partial charge is 0.393 e. The summed E-state index contributed by atoms with van der Waals surface area (Å²) in [7, 11) is 0. The molecular formula is C10H19N3O2. The van der Waals surface area contributed by atoms with Gasteiger partial charge < -0.3 is 5.11 Å². The lowest BCUT2D eigenvalue weighted by Crippen LogP contribution is -2.55. The van der Waals surface area contributed by atoms with Crippen LogP contribution in [0.4, 0.5) is 0 Å². The molecule has 2 aliphatic heterocycles. The fourth-order valence-electron chi connectivity index (χ4n) is 3.07. The summed E-state index contributed by atoms with van der Waals surface area (Å²) >= 11 is 0. The van der Waals surface area contributed by atoms with Gasteiger partial charge >= 0.3 is 0 Å². The number of carbonyl (C=O) groups is 1. The molecule has 3 unspecified atom stereocenters. The monoisotopic (exact) mass is 213 g/mol. The van der Waals surface area contributed by atoms with Crippen LogP contribution in [-0.4, -0.2) is 40.1 Å². The van der Waals surface area contributed by atoms with E-state index in [0.717, 1.165) is 25.7 Å². The van der Waals surface area contributed by atoms with Crippen molar-refractivity contribution in [3.05, 3.63) is 0 Å². The number of amides is 1. The smallest absolute Gasteiger partial charge is 0.250 e. The zero-order chi connectivity index (χ0) is 11.0. The summed E-state index contributed by atoms with van der Waals surface area (Å²) in [4.78, 5) is 13.7. The van der Waals surface area contributed by atoms with Crippen molar-refractivity contribution in [3.63, 3.8) is 0 Å². The third kappa shape index (κ3) is 1.87. The van der Waals surface area contributed by atoms with Crippen LogP contribution < -0.4 is 11.3 Å². The van der Waals surface area contributed by atoms with Gasteiger partial charge in [0.15, 0.2) is 0 Å². The number of fused-ring (bicyclic) bond motifs is 2. The molecule has 0 aromatic carbocycles. The molecule has 2 fully saturated rings. The number of hydrazine groups is 1. The Morgan fingerprint density at radius 1 is 1.47 bits per heavy atom. The lowest BCUT2D eigenvalue weighted by Gasteiger charge is -2.40. The zero-order valence-corrected chi connectivity index (χ0v) is 9.02. The highest BCUT2D eigenvalue weighted by Gasteiger charge is 2.43. The van der Waals surface area contributed by atoms with Crippen LogP contribution in [0.25, 0.3) is 0 Å². The predicted octanol–water partition coefficient (Wildman–Crippen LogP) is -0.647. The van der Waals surface area contributed by atoms with Gasteiger partial charge in [-0.05, 0) is 32.6 Å². The van der Waals surface area contributed by atoms with E-state index in [0.29, 0.717) is 12.1 Å². The minimum absolute atomic E-state index is 0.136. The summed E-state index contributed by atoms with van der Waals surface area (Å²) in [5.41, 5.74) is 2.20. The SMILES string of the molecule is CC(C(=O)NN)N1C2CCC1CC(O)C2. The van der Waals surface area contributed by atoms with Crippen LogP contribution in [0.5, 0.6) is 0 Å². The third-order valence-electron chi connectivity index (χ3n) is 3.73. The number of carbonyl (C=O) groups excluding carboxylic acids is 1. The lowest BCUT2D eigenvalue weighted by atomic mass is 9.98. The molecule has 2 heterocycles. The van der Waals surface area contributed by atoms with Crippen molar-refractivity contribution in [1.82, 2.24) is 10.3 Å². The third-order valence-corrected chi connectivity index (χ3v) is 3.73. The van der Waals surface area contributed by atoms with Crippen molar-refractivity contribution < 1.29 is 9.90 Å². The second-order valence-corrected chi connectivity index (χ2v) is 4.64. The van der Waals surface area contributed by atoms with E-state index >= 15 is 0 Å². The van der Waals surface area contributed by atoms with Gasteiger partial charge in [0.2, 0.25) is 0 Å². The molecule has 0 radical (unpaired) electrons. The molecular weight excluding hydrogens is 194 g/mol. The Labute approximate surface area is 89.6 Å². The second kappa shape index (κ2) is 4.08. The van der Waals surface area contributed by atoms with Crippen LogP contribution in [0.3, 0.4) is 0 Å². The quantitative estimate of drug-likeness (QED) is 0.324. The van der Waals surface area contributed by atoms with Gasteiger partial charge in [0.05, 0.1) is 12.1 Å². The molecule has 2 bridgehead atoms. The number of hydrogen-bond donors (Lipinski definition) is 3. The van der Waals surface area contributed by atoms with Gasteiger partial charge in [-0.2, -0.15) is 0 Å². The molecule has 5 heteroatoms. The topological polar surface area (TPSA) is 78.6 Å². The van der Waals surface area contributed by atoms with Crippen LogP contribution in [0.15, 0.2) is 0 Å². The first-order valence-electron chi connectivity index (χ1n) is 5.59. The van der Waals surface area contributed by atoms with E-state index < -0.39 is 0 Å². The molecule has 2 aliphatic rings. The maximum absolute atomic E-state index is 11.5. The van der Waals surface area contributed by atoms with Gasteiger partial charge in [0.1, 0.15) is 0 Å². The summed E-state index contributed by atoms with van der Waals surface area (Å²) in [6, 6.07) is 0.525. The molecule has 0 saturated carbocycles. The van der Waals surface area contributed by atoms with E-state index in [1.165, 1.54) is 0 Å².